The minimum absolute atomic E-state index is 0.00559. The maximum atomic E-state index is 12.2. The Morgan fingerprint density at radius 1 is 0.833 bits per heavy atom. The van der Waals surface area contributed by atoms with Crippen LogP contribution in [-0.2, 0) is 30.2 Å². The van der Waals surface area contributed by atoms with E-state index in [2.05, 4.69) is 48.9 Å². The van der Waals surface area contributed by atoms with E-state index in [-0.39, 0.29) is 11.3 Å². The first-order valence-corrected chi connectivity index (χ1v) is 15.1. The van der Waals surface area contributed by atoms with Gasteiger partial charge in [0.1, 0.15) is 5.44 Å². The maximum Gasteiger partial charge on any atom is 0.224 e. The first kappa shape index (κ1) is 33.2. The fraction of sp³-hybridized carbons (Fsp3) is 0.731. The molecule has 10 heteroatoms. The highest BCUT2D eigenvalue weighted by molar-refractivity contribution is 8.76. The zero-order valence-corrected chi connectivity index (χ0v) is 24.1. The predicted molar refractivity (Wildman–Crippen MR) is 151 cm³/mol. The Labute approximate surface area is 226 Å². The van der Waals surface area contributed by atoms with E-state index in [0.717, 1.165) is 43.0 Å². The number of hydrogen-bond donors (Lipinski definition) is 3. The van der Waals surface area contributed by atoms with Gasteiger partial charge < -0.3 is 34.9 Å². The van der Waals surface area contributed by atoms with Crippen LogP contribution >= 0.6 is 21.6 Å². The van der Waals surface area contributed by atoms with E-state index in [4.69, 9.17) is 18.9 Å². The van der Waals surface area contributed by atoms with Crippen molar-refractivity contribution in [2.24, 2.45) is 0 Å². The standard InChI is InChI=1S/C26H47N3O5S2/c1-22(2)28-11-5-6-14-34-23(3)35-36-25-9-7-24(8-10-25)21-26(30)29-13-16-32-18-20-33-19-17-31-15-12-27-4/h7-10,22-23,27-28H,5-6,11-21H2,1-4H3,(H,29,30). The third-order valence-corrected chi connectivity index (χ3v) is 7.50. The third kappa shape index (κ3) is 20.2. The molecule has 208 valence electrons. The summed E-state index contributed by atoms with van der Waals surface area (Å²) in [5.74, 6) is -0.00559. The van der Waals surface area contributed by atoms with Crippen molar-refractivity contribution >= 4 is 27.5 Å². The number of ether oxygens (including phenoxy) is 4. The Kier molecular flexibility index (Phi) is 21.5. The van der Waals surface area contributed by atoms with Crippen molar-refractivity contribution in [3.05, 3.63) is 29.8 Å². The zero-order valence-electron chi connectivity index (χ0n) is 22.5. The van der Waals surface area contributed by atoms with Gasteiger partial charge in [0.25, 0.3) is 0 Å². The van der Waals surface area contributed by atoms with Crippen LogP contribution in [0.2, 0.25) is 0 Å². The van der Waals surface area contributed by atoms with E-state index >= 15 is 0 Å². The number of benzene rings is 1. The van der Waals surface area contributed by atoms with E-state index in [1.165, 1.54) is 0 Å². The van der Waals surface area contributed by atoms with Gasteiger partial charge in [0.15, 0.2) is 0 Å². The Morgan fingerprint density at radius 2 is 1.47 bits per heavy atom. The van der Waals surface area contributed by atoms with Gasteiger partial charge in [-0.25, -0.2) is 0 Å². The molecule has 0 spiro atoms. The summed E-state index contributed by atoms with van der Waals surface area (Å²) in [6.45, 7) is 12.9. The molecule has 0 saturated heterocycles. The Morgan fingerprint density at radius 3 is 2.11 bits per heavy atom. The molecule has 1 atom stereocenters. The van der Waals surface area contributed by atoms with Crippen molar-refractivity contribution in [3.63, 3.8) is 0 Å². The molecule has 1 amide bonds. The lowest BCUT2D eigenvalue weighted by Gasteiger charge is -2.13. The summed E-state index contributed by atoms with van der Waals surface area (Å²) in [6, 6.07) is 8.66. The second-order valence-corrected chi connectivity index (χ2v) is 11.1. The largest absolute Gasteiger partial charge is 0.378 e. The number of hydrogen-bond acceptors (Lipinski definition) is 9. The second kappa shape index (κ2) is 23.3. The molecule has 1 unspecified atom stereocenters. The lowest BCUT2D eigenvalue weighted by atomic mass is 10.1. The average molecular weight is 546 g/mol. The molecule has 0 aliphatic carbocycles. The quantitative estimate of drug-likeness (QED) is 0.103. The summed E-state index contributed by atoms with van der Waals surface area (Å²) in [6.07, 6.45) is 2.56. The number of nitrogens with one attached hydrogen (secondary N) is 3. The lowest BCUT2D eigenvalue weighted by Crippen LogP contribution is -2.29. The minimum atomic E-state index is -0.00559. The highest BCUT2D eigenvalue weighted by Gasteiger charge is 2.07. The van der Waals surface area contributed by atoms with Crippen LogP contribution in [0.5, 0.6) is 0 Å². The van der Waals surface area contributed by atoms with Crippen molar-refractivity contribution in [2.45, 2.75) is 56.4 Å². The fourth-order valence-electron chi connectivity index (χ4n) is 2.91. The molecule has 0 aliphatic rings. The normalized spacial score (nSPS) is 12.2. The molecule has 8 nitrogen and oxygen atoms in total. The molecule has 1 aromatic rings. The summed E-state index contributed by atoms with van der Waals surface area (Å²) < 4.78 is 22.2. The summed E-state index contributed by atoms with van der Waals surface area (Å²) in [5.41, 5.74) is 1.13. The number of amides is 1. The number of rotatable bonds is 24. The highest BCUT2D eigenvalue weighted by Crippen LogP contribution is 2.34. The number of carbonyl (C=O) groups excluding carboxylic acids is 1. The highest BCUT2D eigenvalue weighted by atomic mass is 33.1. The van der Waals surface area contributed by atoms with Crippen molar-refractivity contribution in [2.75, 3.05) is 72.9 Å². The Balaban J connectivity index is 2.02. The molecule has 0 saturated carbocycles. The van der Waals surface area contributed by atoms with Crippen molar-refractivity contribution < 1.29 is 23.7 Å². The molecular weight excluding hydrogens is 498 g/mol. The molecule has 0 heterocycles. The smallest absolute Gasteiger partial charge is 0.224 e. The summed E-state index contributed by atoms with van der Waals surface area (Å²) in [5, 5.41) is 9.33. The molecular formula is C26H47N3O5S2. The number of likely N-dealkylation sites (N-methyl/N-ethyl adjacent to an activating group) is 1. The third-order valence-electron chi connectivity index (χ3n) is 4.85. The minimum Gasteiger partial charge on any atom is -0.378 e. The van der Waals surface area contributed by atoms with Gasteiger partial charge in [-0.3, -0.25) is 4.79 Å². The molecule has 0 fully saturated rings. The molecule has 3 N–H and O–H groups in total. The van der Waals surface area contributed by atoms with Crippen LogP contribution in [-0.4, -0.2) is 90.3 Å². The first-order chi connectivity index (χ1) is 17.5. The predicted octanol–water partition coefficient (Wildman–Crippen LogP) is 3.50. The van der Waals surface area contributed by atoms with Crippen LogP contribution in [0.15, 0.2) is 29.2 Å². The van der Waals surface area contributed by atoms with Gasteiger partial charge in [-0.15, -0.1) is 0 Å². The molecule has 0 bridgehead atoms. The van der Waals surface area contributed by atoms with E-state index in [0.29, 0.717) is 58.6 Å². The average Bonchev–Trinajstić information content (AvgIpc) is 2.86. The van der Waals surface area contributed by atoms with Gasteiger partial charge >= 0.3 is 0 Å². The molecule has 1 rings (SSSR count). The van der Waals surface area contributed by atoms with Gasteiger partial charge in [-0.05, 0) is 51.1 Å². The molecule has 1 aromatic carbocycles. The van der Waals surface area contributed by atoms with Crippen LogP contribution in [0.4, 0.5) is 0 Å². The van der Waals surface area contributed by atoms with E-state index < -0.39 is 0 Å². The molecule has 36 heavy (non-hydrogen) atoms. The van der Waals surface area contributed by atoms with Crippen molar-refractivity contribution in [1.82, 2.24) is 16.0 Å². The van der Waals surface area contributed by atoms with Crippen LogP contribution in [0.3, 0.4) is 0 Å². The number of unbranched alkanes of at least 4 members (excludes halogenated alkanes) is 1. The summed E-state index contributed by atoms with van der Waals surface area (Å²) in [4.78, 5) is 13.3. The fourth-order valence-corrected chi connectivity index (χ4v) is 4.79. The molecule has 0 radical (unpaired) electrons. The van der Waals surface area contributed by atoms with Crippen molar-refractivity contribution in [3.8, 4) is 0 Å². The van der Waals surface area contributed by atoms with E-state index in [1.54, 1.807) is 21.6 Å². The second-order valence-electron chi connectivity index (χ2n) is 8.55. The molecule has 0 aliphatic heterocycles. The van der Waals surface area contributed by atoms with Gasteiger partial charge in [0, 0.05) is 30.6 Å². The molecule has 0 aromatic heterocycles. The Hall–Kier alpha value is -0.850. The Bertz CT molecular complexity index is 653. The van der Waals surface area contributed by atoms with Gasteiger partial charge in [0.2, 0.25) is 5.91 Å². The first-order valence-electron chi connectivity index (χ1n) is 12.9. The van der Waals surface area contributed by atoms with Crippen LogP contribution in [0.1, 0.15) is 39.2 Å². The topological polar surface area (TPSA) is 90.1 Å². The van der Waals surface area contributed by atoms with Crippen LogP contribution in [0.25, 0.3) is 0 Å². The maximum absolute atomic E-state index is 12.2. The van der Waals surface area contributed by atoms with Gasteiger partial charge in [-0.1, -0.05) is 47.6 Å². The van der Waals surface area contributed by atoms with Gasteiger partial charge in [0.05, 0.1) is 46.1 Å². The number of carbonyl (C=O) groups is 1. The van der Waals surface area contributed by atoms with Crippen molar-refractivity contribution in [1.29, 1.82) is 0 Å². The van der Waals surface area contributed by atoms with Crippen LogP contribution in [0, 0.1) is 0 Å². The van der Waals surface area contributed by atoms with Crippen LogP contribution < -0.4 is 16.0 Å². The lowest BCUT2D eigenvalue weighted by molar-refractivity contribution is -0.120. The SMILES string of the molecule is CNCCOCCOCCOCCNC(=O)Cc1ccc(SSC(C)OCCCCNC(C)C)cc1. The zero-order chi connectivity index (χ0) is 26.3. The van der Waals surface area contributed by atoms with E-state index in [9.17, 15) is 4.79 Å². The monoisotopic (exact) mass is 545 g/mol. The van der Waals surface area contributed by atoms with Gasteiger partial charge in [-0.2, -0.15) is 0 Å². The van der Waals surface area contributed by atoms with E-state index in [1.807, 2.05) is 19.2 Å². The summed E-state index contributed by atoms with van der Waals surface area (Å²) in [7, 11) is 5.31. The summed E-state index contributed by atoms with van der Waals surface area (Å²) >= 11 is 0.